The Morgan fingerprint density at radius 3 is 2.65 bits per heavy atom. The summed E-state index contributed by atoms with van der Waals surface area (Å²) < 4.78 is 26.1. The Bertz CT molecular complexity index is 590. The first-order valence-electron chi connectivity index (χ1n) is 6.63. The van der Waals surface area contributed by atoms with E-state index < -0.39 is 10.0 Å². The molecule has 0 bridgehead atoms. The number of aliphatic hydroxyl groups is 1. The van der Waals surface area contributed by atoms with Gasteiger partial charge in [-0.1, -0.05) is 12.1 Å². The predicted molar refractivity (Wildman–Crippen MR) is 75.2 cm³/mol. The molecule has 0 spiro atoms. The molecule has 2 rings (SSSR count). The van der Waals surface area contributed by atoms with Gasteiger partial charge < -0.3 is 5.11 Å². The molecule has 0 saturated carbocycles. The van der Waals surface area contributed by atoms with E-state index in [9.17, 15) is 8.42 Å². The molecule has 108 valence electrons. The van der Waals surface area contributed by atoms with Crippen molar-refractivity contribution in [3.63, 3.8) is 0 Å². The van der Waals surface area contributed by atoms with Crippen molar-refractivity contribution in [1.82, 2.24) is 4.31 Å². The number of benzene rings is 1. The minimum absolute atomic E-state index is 0.0371. The third-order valence-electron chi connectivity index (χ3n) is 3.61. The van der Waals surface area contributed by atoms with Gasteiger partial charge in [0.1, 0.15) is 0 Å². The normalized spacial score (nSPS) is 19.9. The molecule has 1 fully saturated rings. The third-order valence-corrected chi connectivity index (χ3v) is 5.43. The molecular weight excluding hydrogens is 276 g/mol. The Morgan fingerprint density at radius 2 is 2.05 bits per heavy atom. The molecule has 1 aromatic carbocycles. The highest BCUT2D eigenvalue weighted by atomic mass is 32.2. The van der Waals surface area contributed by atoms with Crippen molar-refractivity contribution in [1.29, 1.82) is 5.26 Å². The number of sulfonamides is 1. The van der Waals surface area contributed by atoms with E-state index in [4.69, 9.17) is 10.4 Å². The van der Waals surface area contributed by atoms with E-state index in [0.29, 0.717) is 30.6 Å². The van der Waals surface area contributed by atoms with E-state index in [0.717, 1.165) is 6.42 Å². The molecule has 0 aromatic heterocycles. The topological polar surface area (TPSA) is 81.4 Å². The molecular formula is C14H18N2O3S. The van der Waals surface area contributed by atoms with Crippen molar-refractivity contribution in [3.8, 4) is 6.07 Å². The van der Waals surface area contributed by atoms with E-state index >= 15 is 0 Å². The van der Waals surface area contributed by atoms with Gasteiger partial charge in [-0.15, -0.1) is 0 Å². The summed E-state index contributed by atoms with van der Waals surface area (Å²) in [6.07, 6.45) is 1.47. The third kappa shape index (κ3) is 3.57. The summed E-state index contributed by atoms with van der Waals surface area (Å²) >= 11 is 0. The Kier molecular flexibility index (Phi) is 4.76. The molecule has 5 nitrogen and oxygen atoms in total. The quantitative estimate of drug-likeness (QED) is 0.881. The zero-order valence-corrected chi connectivity index (χ0v) is 12.0. The average molecular weight is 294 g/mol. The van der Waals surface area contributed by atoms with Gasteiger partial charge >= 0.3 is 0 Å². The van der Waals surface area contributed by atoms with Crippen LogP contribution in [0, 0.1) is 17.2 Å². The number of nitriles is 1. The van der Waals surface area contributed by atoms with Crippen molar-refractivity contribution >= 4 is 10.0 Å². The molecule has 0 amide bonds. The molecule has 0 radical (unpaired) electrons. The zero-order chi connectivity index (χ0) is 14.6. The summed E-state index contributed by atoms with van der Waals surface area (Å²) in [5.74, 6) is 0.223. The molecule has 0 aliphatic carbocycles. The minimum Gasteiger partial charge on any atom is -0.396 e. The van der Waals surface area contributed by atoms with Gasteiger partial charge in [0.15, 0.2) is 0 Å². The molecule has 1 saturated heterocycles. The van der Waals surface area contributed by atoms with Gasteiger partial charge in [0.2, 0.25) is 10.0 Å². The highest BCUT2D eigenvalue weighted by Gasteiger charge is 2.30. The highest BCUT2D eigenvalue weighted by Crippen LogP contribution is 2.23. The van der Waals surface area contributed by atoms with Crippen LogP contribution in [0.4, 0.5) is 0 Å². The SMILES string of the molecule is N#Cc1ccc(CS(=O)(=O)N2CCC(CCO)C2)cc1. The molecule has 1 heterocycles. The van der Waals surface area contributed by atoms with E-state index in [1.54, 1.807) is 24.3 Å². The largest absolute Gasteiger partial charge is 0.396 e. The van der Waals surface area contributed by atoms with Crippen molar-refractivity contribution in [3.05, 3.63) is 35.4 Å². The minimum atomic E-state index is -3.32. The van der Waals surface area contributed by atoms with Crippen LogP contribution in [-0.4, -0.2) is 37.5 Å². The van der Waals surface area contributed by atoms with E-state index in [1.807, 2.05) is 6.07 Å². The fourth-order valence-corrected chi connectivity index (χ4v) is 4.06. The van der Waals surface area contributed by atoms with Gasteiger partial charge in [0.05, 0.1) is 17.4 Å². The lowest BCUT2D eigenvalue weighted by molar-refractivity contribution is 0.259. The molecule has 1 N–H and O–H groups in total. The van der Waals surface area contributed by atoms with Gasteiger partial charge in [-0.2, -0.15) is 5.26 Å². The summed E-state index contributed by atoms with van der Waals surface area (Å²) in [5.41, 5.74) is 1.21. The summed E-state index contributed by atoms with van der Waals surface area (Å²) in [6, 6.07) is 8.62. The second kappa shape index (κ2) is 6.35. The first-order valence-corrected chi connectivity index (χ1v) is 8.24. The van der Waals surface area contributed by atoms with Crippen LogP contribution < -0.4 is 0 Å². The van der Waals surface area contributed by atoms with Crippen LogP contribution in [0.2, 0.25) is 0 Å². The zero-order valence-electron chi connectivity index (χ0n) is 11.2. The average Bonchev–Trinajstić information content (AvgIpc) is 2.89. The van der Waals surface area contributed by atoms with Crippen molar-refractivity contribution in [2.24, 2.45) is 5.92 Å². The fourth-order valence-electron chi connectivity index (χ4n) is 2.45. The van der Waals surface area contributed by atoms with Gasteiger partial charge in [-0.25, -0.2) is 12.7 Å². The van der Waals surface area contributed by atoms with Crippen molar-refractivity contribution in [2.45, 2.75) is 18.6 Å². The maximum atomic E-state index is 12.3. The van der Waals surface area contributed by atoms with Gasteiger partial charge in [-0.3, -0.25) is 0 Å². The summed E-state index contributed by atoms with van der Waals surface area (Å²) in [4.78, 5) is 0. The number of rotatable bonds is 5. The van der Waals surface area contributed by atoms with E-state index in [2.05, 4.69) is 0 Å². The Balaban J connectivity index is 2.02. The van der Waals surface area contributed by atoms with E-state index in [-0.39, 0.29) is 18.3 Å². The molecule has 1 atom stereocenters. The summed E-state index contributed by atoms with van der Waals surface area (Å²) in [7, 11) is -3.32. The number of hydrogen-bond donors (Lipinski definition) is 1. The summed E-state index contributed by atoms with van der Waals surface area (Å²) in [5, 5.41) is 17.6. The molecule has 6 heteroatoms. The van der Waals surface area contributed by atoms with Gasteiger partial charge in [-0.05, 0) is 36.5 Å². The second-order valence-electron chi connectivity index (χ2n) is 5.09. The monoisotopic (exact) mass is 294 g/mol. The van der Waals surface area contributed by atoms with Crippen molar-refractivity contribution < 1.29 is 13.5 Å². The number of nitrogens with zero attached hydrogens (tertiary/aromatic N) is 2. The van der Waals surface area contributed by atoms with Crippen LogP contribution in [0.15, 0.2) is 24.3 Å². The highest BCUT2D eigenvalue weighted by molar-refractivity contribution is 7.88. The molecule has 1 unspecified atom stereocenters. The smallest absolute Gasteiger partial charge is 0.218 e. The predicted octanol–water partition coefficient (Wildman–Crippen LogP) is 1.09. The lowest BCUT2D eigenvalue weighted by Crippen LogP contribution is -2.30. The van der Waals surface area contributed by atoms with Crippen molar-refractivity contribution in [2.75, 3.05) is 19.7 Å². The maximum absolute atomic E-state index is 12.3. The second-order valence-corrected chi connectivity index (χ2v) is 7.06. The number of hydrogen-bond acceptors (Lipinski definition) is 4. The van der Waals surface area contributed by atoms with Gasteiger partial charge in [0, 0.05) is 19.7 Å². The van der Waals surface area contributed by atoms with E-state index in [1.165, 1.54) is 4.31 Å². The molecule has 1 aromatic rings. The Morgan fingerprint density at radius 1 is 1.35 bits per heavy atom. The first-order chi connectivity index (χ1) is 9.55. The molecule has 1 aliphatic heterocycles. The van der Waals surface area contributed by atoms with Gasteiger partial charge in [0.25, 0.3) is 0 Å². The lowest BCUT2D eigenvalue weighted by Gasteiger charge is -2.16. The summed E-state index contributed by atoms with van der Waals surface area (Å²) in [6.45, 7) is 1.14. The van der Waals surface area contributed by atoms with Crippen LogP contribution in [0.5, 0.6) is 0 Å². The van der Waals surface area contributed by atoms with Crippen LogP contribution in [0.25, 0.3) is 0 Å². The first kappa shape index (κ1) is 15.0. The fraction of sp³-hybridized carbons (Fsp3) is 0.500. The Labute approximate surface area is 119 Å². The lowest BCUT2D eigenvalue weighted by atomic mass is 10.1. The van der Waals surface area contributed by atoms with Crippen LogP contribution >= 0.6 is 0 Å². The van der Waals surface area contributed by atoms with Crippen LogP contribution in [0.1, 0.15) is 24.0 Å². The maximum Gasteiger partial charge on any atom is 0.218 e. The Hall–Kier alpha value is -1.42. The number of aliphatic hydroxyl groups excluding tert-OH is 1. The molecule has 20 heavy (non-hydrogen) atoms. The molecule has 1 aliphatic rings. The van der Waals surface area contributed by atoms with Crippen LogP contribution in [-0.2, 0) is 15.8 Å². The van der Waals surface area contributed by atoms with Crippen LogP contribution in [0.3, 0.4) is 0 Å². The standard InChI is InChI=1S/C14H18N2O3S/c15-9-12-1-3-14(4-2-12)11-20(18,19)16-7-5-13(10-16)6-8-17/h1-4,13,17H,5-8,10-11H2.